The van der Waals surface area contributed by atoms with Gasteiger partial charge in [-0.15, -0.1) is 10.2 Å². The van der Waals surface area contributed by atoms with Gasteiger partial charge in [-0.25, -0.2) is 0 Å². The second-order valence-corrected chi connectivity index (χ2v) is 5.45. The summed E-state index contributed by atoms with van der Waals surface area (Å²) in [7, 11) is 0. The van der Waals surface area contributed by atoms with Crippen molar-refractivity contribution < 1.29 is 4.79 Å². The monoisotopic (exact) mass is 260 g/mol. The first-order valence-corrected chi connectivity index (χ1v) is 7.16. The summed E-state index contributed by atoms with van der Waals surface area (Å²) in [5, 5.41) is 15.0. The van der Waals surface area contributed by atoms with E-state index in [0.29, 0.717) is 21.9 Å². The summed E-state index contributed by atoms with van der Waals surface area (Å²) in [5.41, 5.74) is 0. The average Bonchev–Trinajstić information content (AvgIpc) is 2.74. The molecule has 0 radical (unpaired) electrons. The number of hydrogen-bond acceptors (Lipinski definition) is 6. The number of hydrogen-bond donors (Lipinski definition) is 2. The molecule has 5 nitrogen and oxygen atoms in total. The number of amides is 1. The third-order valence-corrected chi connectivity index (χ3v) is 3.75. The molecular formula is C9H16N4OS2. The molecule has 1 aromatic heterocycles. The third-order valence-electron chi connectivity index (χ3n) is 1.90. The molecule has 0 fully saturated rings. The van der Waals surface area contributed by atoms with E-state index in [0.717, 1.165) is 6.54 Å². The number of carbonyl (C=O) groups excluding carboxylic acids is 1. The quantitative estimate of drug-likeness (QED) is 0.810. The molecule has 7 heteroatoms. The Hall–Kier alpha value is -0.820. The Morgan fingerprint density at radius 2 is 2.31 bits per heavy atom. The van der Waals surface area contributed by atoms with Crippen LogP contribution in [0.4, 0.5) is 5.13 Å². The number of rotatable bonds is 6. The van der Waals surface area contributed by atoms with Crippen molar-refractivity contribution in [3.05, 3.63) is 5.01 Å². The molecule has 0 spiro atoms. The van der Waals surface area contributed by atoms with Gasteiger partial charge in [0.25, 0.3) is 5.91 Å². The van der Waals surface area contributed by atoms with E-state index < -0.39 is 0 Å². The number of nitrogens with one attached hydrogen (secondary N) is 2. The summed E-state index contributed by atoms with van der Waals surface area (Å²) >= 11 is 2.99. The van der Waals surface area contributed by atoms with Crippen LogP contribution in [0.15, 0.2) is 0 Å². The Kier molecular flexibility index (Phi) is 5.54. The molecule has 1 amide bonds. The first-order chi connectivity index (χ1) is 7.67. The molecule has 16 heavy (non-hydrogen) atoms. The molecule has 0 saturated heterocycles. The topological polar surface area (TPSA) is 66.9 Å². The van der Waals surface area contributed by atoms with Crippen LogP contribution < -0.4 is 10.6 Å². The van der Waals surface area contributed by atoms with Crippen LogP contribution in [0.5, 0.6) is 0 Å². The normalized spacial score (nSPS) is 12.2. The second-order valence-electron chi connectivity index (χ2n) is 3.20. The minimum Gasteiger partial charge on any atom is -0.360 e. The van der Waals surface area contributed by atoms with Crippen LogP contribution in [0.2, 0.25) is 0 Å². The lowest BCUT2D eigenvalue weighted by molar-refractivity contribution is 0.0953. The lowest BCUT2D eigenvalue weighted by atomic mass is 10.4. The van der Waals surface area contributed by atoms with E-state index in [9.17, 15) is 4.79 Å². The zero-order chi connectivity index (χ0) is 12.0. The van der Waals surface area contributed by atoms with Gasteiger partial charge >= 0.3 is 0 Å². The number of carbonyl (C=O) groups is 1. The summed E-state index contributed by atoms with van der Waals surface area (Å²) in [6.45, 7) is 5.46. The summed E-state index contributed by atoms with van der Waals surface area (Å²) in [5.74, 6) is -0.150. The predicted molar refractivity (Wildman–Crippen MR) is 69.4 cm³/mol. The van der Waals surface area contributed by atoms with E-state index in [1.54, 1.807) is 11.8 Å². The highest BCUT2D eigenvalue weighted by atomic mass is 32.2. The molecule has 2 N–H and O–H groups in total. The summed E-state index contributed by atoms with van der Waals surface area (Å²) in [4.78, 5) is 11.6. The Morgan fingerprint density at radius 1 is 1.56 bits per heavy atom. The highest BCUT2D eigenvalue weighted by molar-refractivity contribution is 7.99. The van der Waals surface area contributed by atoms with Gasteiger partial charge in [0.15, 0.2) is 0 Å². The molecule has 0 aliphatic heterocycles. The van der Waals surface area contributed by atoms with Crippen molar-refractivity contribution in [2.24, 2.45) is 0 Å². The van der Waals surface area contributed by atoms with Crippen LogP contribution in [0.25, 0.3) is 0 Å². The van der Waals surface area contributed by atoms with Crippen LogP contribution in [0.3, 0.4) is 0 Å². The van der Waals surface area contributed by atoms with E-state index in [2.05, 4.69) is 27.8 Å². The van der Waals surface area contributed by atoms with E-state index >= 15 is 0 Å². The van der Waals surface area contributed by atoms with Crippen LogP contribution in [0.1, 0.15) is 23.6 Å². The Labute approximate surface area is 103 Å². The van der Waals surface area contributed by atoms with Crippen molar-refractivity contribution in [3.8, 4) is 0 Å². The Bertz CT molecular complexity index is 342. The van der Waals surface area contributed by atoms with Crippen molar-refractivity contribution >= 4 is 34.1 Å². The van der Waals surface area contributed by atoms with Gasteiger partial charge in [0.1, 0.15) is 0 Å². The van der Waals surface area contributed by atoms with Crippen LogP contribution >= 0.6 is 23.1 Å². The highest BCUT2D eigenvalue weighted by Crippen LogP contribution is 2.14. The van der Waals surface area contributed by atoms with Crippen LogP contribution in [0, 0.1) is 0 Å². The summed E-state index contributed by atoms with van der Waals surface area (Å²) in [6, 6.07) is 0. The Morgan fingerprint density at radius 3 is 2.94 bits per heavy atom. The van der Waals surface area contributed by atoms with Crippen molar-refractivity contribution in [2.45, 2.75) is 19.1 Å². The predicted octanol–water partition coefficient (Wildman–Crippen LogP) is 1.45. The molecule has 1 aromatic rings. The van der Waals surface area contributed by atoms with Crippen LogP contribution in [-0.2, 0) is 0 Å². The zero-order valence-electron chi connectivity index (χ0n) is 9.61. The number of nitrogens with zero attached hydrogens (tertiary/aromatic N) is 2. The van der Waals surface area contributed by atoms with Gasteiger partial charge in [-0.2, -0.15) is 11.8 Å². The van der Waals surface area contributed by atoms with E-state index in [-0.39, 0.29) is 5.91 Å². The van der Waals surface area contributed by atoms with Crippen molar-refractivity contribution in [2.75, 3.05) is 24.7 Å². The largest absolute Gasteiger partial charge is 0.360 e. The van der Waals surface area contributed by atoms with Gasteiger partial charge in [-0.05, 0) is 13.2 Å². The number of aromatic nitrogens is 2. The van der Waals surface area contributed by atoms with Gasteiger partial charge in [-0.1, -0.05) is 18.3 Å². The van der Waals surface area contributed by atoms with E-state index in [1.165, 1.54) is 11.3 Å². The fourth-order valence-electron chi connectivity index (χ4n) is 0.933. The van der Waals surface area contributed by atoms with Crippen molar-refractivity contribution in [1.82, 2.24) is 15.5 Å². The Balaban J connectivity index is 2.46. The number of anilines is 1. The molecule has 1 heterocycles. The maximum atomic E-state index is 11.6. The molecule has 90 valence electrons. The molecule has 0 saturated carbocycles. The van der Waals surface area contributed by atoms with Gasteiger partial charge in [0.05, 0.1) is 0 Å². The molecule has 0 bridgehead atoms. The van der Waals surface area contributed by atoms with Crippen molar-refractivity contribution in [1.29, 1.82) is 0 Å². The standard InChI is InChI=1S/C9H16N4OS2/c1-4-10-9-13-12-8(16-9)7(14)11-5-6(2)15-3/h6H,4-5H2,1-3H3,(H,10,13)(H,11,14). The minimum atomic E-state index is -0.150. The third kappa shape index (κ3) is 3.97. The molecule has 1 unspecified atom stereocenters. The summed E-state index contributed by atoms with van der Waals surface area (Å²) < 4.78 is 0. The minimum absolute atomic E-state index is 0.150. The molecule has 1 atom stereocenters. The smallest absolute Gasteiger partial charge is 0.282 e. The zero-order valence-corrected chi connectivity index (χ0v) is 11.2. The van der Waals surface area contributed by atoms with Gasteiger partial charge in [0.2, 0.25) is 10.1 Å². The highest BCUT2D eigenvalue weighted by Gasteiger charge is 2.12. The van der Waals surface area contributed by atoms with E-state index in [4.69, 9.17) is 0 Å². The average molecular weight is 260 g/mol. The molecule has 0 aliphatic carbocycles. The lowest BCUT2D eigenvalue weighted by Gasteiger charge is -2.07. The molecule has 1 rings (SSSR count). The second kappa shape index (κ2) is 6.70. The SMILES string of the molecule is CCNc1nnc(C(=O)NCC(C)SC)s1. The van der Waals surface area contributed by atoms with Gasteiger partial charge in [-0.3, -0.25) is 4.79 Å². The van der Waals surface area contributed by atoms with Gasteiger partial charge in [0, 0.05) is 18.3 Å². The maximum Gasteiger partial charge on any atom is 0.282 e. The lowest BCUT2D eigenvalue weighted by Crippen LogP contribution is -2.29. The maximum absolute atomic E-state index is 11.6. The first kappa shape index (κ1) is 13.2. The fourth-order valence-corrected chi connectivity index (χ4v) is 1.91. The molecule has 0 aliphatic rings. The summed E-state index contributed by atoms with van der Waals surface area (Å²) in [6.07, 6.45) is 2.02. The molecule has 0 aromatic carbocycles. The van der Waals surface area contributed by atoms with Gasteiger partial charge < -0.3 is 10.6 Å². The fraction of sp³-hybridized carbons (Fsp3) is 0.667. The van der Waals surface area contributed by atoms with E-state index in [1.807, 2.05) is 13.2 Å². The van der Waals surface area contributed by atoms with Crippen molar-refractivity contribution in [3.63, 3.8) is 0 Å². The number of thioether (sulfide) groups is 1. The molecular weight excluding hydrogens is 244 g/mol. The first-order valence-electron chi connectivity index (χ1n) is 5.05. The van der Waals surface area contributed by atoms with Crippen LogP contribution in [-0.4, -0.2) is 40.7 Å².